The molecule has 0 N–H and O–H groups in total. The minimum Gasteiger partial charge on any atom is -0.444 e. The Kier molecular flexibility index (Phi) is 4.01. The first kappa shape index (κ1) is 14.4. The number of aliphatic imine (C=N–C) groups is 3. The molecule has 20 heavy (non-hydrogen) atoms. The van der Waals surface area contributed by atoms with Gasteiger partial charge in [0.1, 0.15) is 11.3 Å². The number of rotatable bonds is 1. The fraction of sp³-hybridized carbons (Fsp3) is 0.571. The van der Waals surface area contributed by atoms with Crippen LogP contribution in [0.1, 0.15) is 27.2 Å². The number of nitrogens with zero attached hydrogens (tertiary/aromatic N) is 4. The van der Waals surface area contributed by atoms with E-state index in [1.165, 1.54) is 0 Å². The minimum atomic E-state index is -0.474. The molecule has 1 unspecified atom stereocenters. The Labute approximate surface area is 119 Å². The summed E-state index contributed by atoms with van der Waals surface area (Å²) in [6.45, 7) is 10.6. The molecule has 6 nitrogen and oxygen atoms in total. The second-order valence-corrected chi connectivity index (χ2v) is 5.82. The van der Waals surface area contributed by atoms with E-state index in [2.05, 4.69) is 21.6 Å². The number of carbonyl (C=O) groups excluding carboxylic acids is 1. The van der Waals surface area contributed by atoms with Crippen LogP contribution in [0.2, 0.25) is 0 Å². The van der Waals surface area contributed by atoms with Crippen LogP contribution in [0, 0.1) is 0 Å². The Morgan fingerprint density at radius 3 is 2.80 bits per heavy atom. The highest BCUT2D eigenvalue weighted by Crippen LogP contribution is 2.18. The number of hydrogen-bond acceptors (Lipinski definition) is 4. The van der Waals surface area contributed by atoms with E-state index in [0.29, 0.717) is 24.6 Å². The summed E-state index contributed by atoms with van der Waals surface area (Å²) in [5.41, 5.74) is 0.0841. The van der Waals surface area contributed by atoms with Crippen molar-refractivity contribution in [2.45, 2.75) is 38.8 Å². The lowest BCUT2D eigenvalue weighted by Crippen LogP contribution is -2.35. The molecule has 0 bridgehead atoms. The van der Waals surface area contributed by atoms with Gasteiger partial charge in [-0.25, -0.2) is 9.79 Å². The topological polar surface area (TPSA) is 66.6 Å². The van der Waals surface area contributed by atoms with Crippen molar-refractivity contribution in [1.29, 1.82) is 0 Å². The molecule has 0 saturated carbocycles. The molecular formula is C14H20N4O2. The van der Waals surface area contributed by atoms with Crippen molar-refractivity contribution in [3.8, 4) is 0 Å². The standard InChI is InChI=1S/C14H20N4O2/c1-10-12(16-7-6-15-10)17-11-5-8-18(9-11)13(19)20-14(2,3)4/h6-7,11H,1,5,8-9H2,2-4H3. The number of amides is 1. The third kappa shape index (κ3) is 3.76. The van der Waals surface area contributed by atoms with E-state index in [1.807, 2.05) is 20.8 Å². The third-order valence-corrected chi connectivity index (χ3v) is 2.87. The Hall–Kier alpha value is -1.98. The van der Waals surface area contributed by atoms with Crippen molar-refractivity contribution in [2.24, 2.45) is 15.0 Å². The second-order valence-electron chi connectivity index (χ2n) is 5.82. The van der Waals surface area contributed by atoms with Crippen LogP contribution in [0.3, 0.4) is 0 Å². The molecule has 2 rings (SSSR count). The van der Waals surface area contributed by atoms with Gasteiger partial charge in [0.2, 0.25) is 0 Å². The molecule has 0 aromatic rings. The van der Waals surface area contributed by atoms with Crippen molar-refractivity contribution >= 4 is 24.4 Å². The van der Waals surface area contributed by atoms with Crippen molar-refractivity contribution in [1.82, 2.24) is 4.90 Å². The quantitative estimate of drug-likeness (QED) is 0.735. The van der Waals surface area contributed by atoms with Crippen LogP contribution in [0.15, 0.2) is 27.3 Å². The van der Waals surface area contributed by atoms with E-state index in [9.17, 15) is 4.79 Å². The van der Waals surface area contributed by atoms with Gasteiger partial charge in [-0.05, 0) is 27.2 Å². The zero-order valence-electron chi connectivity index (χ0n) is 12.2. The smallest absolute Gasteiger partial charge is 0.410 e. The number of likely N-dealkylation sites (tertiary alicyclic amines) is 1. The molecule has 1 atom stereocenters. The summed E-state index contributed by atoms with van der Waals surface area (Å²) in [6.07, 6.45) is 3.69. The normalized spacial score (nSPS) is 24.6. The highest BCUT2D eigenvalue weighted by atomic mass is 16.6. The van der Waals surface area contributed by atoms with Crippen LogP contribution in [0.25, 0.3) is 0 Å². The molecule has 0 radical (unpaired) electrons. The van der Waals surface area contributed by atoms with Crippen molar-refractivity contribution < 1.29 is 9.53 Å². The number of amidine groups is 1. The summed E-state index contributed by atoms with van der Waals surface area (Å²) in [5.74, 6) is 0.545. The first-order chi connectivity index (χ1) is 9.35. The monoisotopic (exact) mass is 276 g/mol. The van der Waals surface area contributed by atoms with Gasteiger partial charge in [-0.1, -0.05) is 6.58 Å². The average molecular weight is 276 g/mol. The first-order valence-electron chi connectivity index (χ1n) is 6.67. The Balaban J connectivity index is 1.94. The number of hydrogen-bond donors (Lipinski definition) is 0. The predicted molar refractivity (Wildman–Crippen MR) is 79.8 cm³/mol. The van der Waals surface area contributed by atoms with Gasteiger partial charge in [-0.2, -0.15) is 0 Å². The minimum absolute atomic E-state index is 0.0275. The molecule has 1 saturated heterocycles. The Morgan fingerprint density at radius 1 is 1.45 bits per heavy atom. The van der Waals surface area contributed by atoms with Crippen LogP contribution >= 0.6 is 0 Å². The van der Waals surface area contributed by atoms with Crippen LogP contribution in [0.4, 0.5) is 4.79 Å². The predicted octanol–water partition coefficient (Wildman–Crippen LogP) is 2.06. The van der Waals surface area contributed by atoms with E-state index >= 15 is 0 Å². The summed E-state index contributed by atoms with van der Waals surface area (Å²) in [6, 6.07) is 0.0275. The number of carbonyl (C=O) groups is 1. The number of ether oxygens (including phenoxy) is 1. The summed E-state index contributed by atoms with van der Waals surface area (Å²) < 4.78 is 5.35. The summed E-state index contributed by atoms with van der Waals surface area (Å²) in [7, 11) is 0. The third-order valence-electron chi connectivity index (χ3n) is 2.87. The van der Waals surface area contributed by atoms with Gasteiger partial charge in [0.15, 0.2) is 5.84 Å². The fourth-order valence-corrected chi connectivity index (χ4v) is 1.98. The fourth-order valence-electron chi connectivity index (χ4n) is 1.98. The molecule has 2 aliphatic rings. The molecule has 1 fully saturated rings. The van der Waals surface area contributed by atoms with E-state index in [-0.39, 0.29) is 12.1 Å². The summed E-state index contributed by atoms with van der Waals surface area (Å²) >= 11 is 0. The van der Waals surface area contributed by atoms with Crippen LogP contribution in [0.5, 0.6) is 0 Å². The lowest BCUT2D eigenvalue weighted by atomic mass is 10.2. The molecule has 2 aliphatic heterocycles. The van der Waals surface area contributed by atoms with Gasteiger partial charge in [0, 0.05) is 25.5 Å². The molecule has 0 aromatic carbocycles. The SMILES string of the molecule is C=C1N=CC=NC1=NC1CCN(C(=O)OC(C)(C)C)C1. The maximum Gasteiger partial charge on any atom is 0.410 e. The molecule has 0 aliphatic carbocycles. The van der Waals surface area contributed by atoms with Gasteiger partial charge in [-0.3, -0.25) is 9.98 Å². The lowest BCUT2D eigenvalue weighted by Gasteiger charge is -2.24. The maximum absolute atomic E-state index is 11.9. The lowest BCUT2D eigenvalue weighted by molar-refractivity contribution is 0.0293. The van der Waals surface area contributed by atoms with Gasteiger partial charge in [-0.15, -0.1) is 0 Å². The molecule has 1 amide bonds. The van der Waals surface area contributed by atoms with E-state index in [1.54, 1.807) is 17.3 Å². The highest BCUT2D eigenvalue weighted by Gasteiger charge is 2.29. The summed E-state index contributed by atoms with van der Waals surface area (Å²) in [4.78, 5) is 26.3. The van der Waals surface area contributed by atoms with Gasteiger partial charge < -0.3 is 9.64 Å². The van der Waals surface area contributed by atoms with E-state index in [4.69, 9.17) is 4.74 Å². The Morgan fingerprint density at radius 2 is 2.15 bits per heavy atom. The van der Waals surface area contributed by atoms with E-state index in [0.717, 1.165) is 6.42 Å². The molecule has 2 heterocycles. The molecule has 0 spiro atoms. The van der Waals surface area contributed by atoms with Crippen molar-refractivity contribution in [3.05, 3.63) is 12.3 Å². The zero-order chi connectivity index (χ0) is 14.8. The molecule has 108 valence electrons. The first-order valence-corrected chi connectivity index (χ1v) is 6.67. The van der Waals surface area contributed by atoms with Gasteiger partial charge in [0.05, 0.1) is 6.04 Å². The second kappa shape index (κ2) is 5.56. The van der Waals surface area contributed by atoms with Crippen molar-refractivity contribution in [2.75, 3.05) is 13.1 Å². The van der Waals surface area contributed by atoms with Gasteiger partial charge in [0.25, 0.3) is 0 Å². The Bertz CT molecular complexity index is 500. The molecule has 0 aromatic heterocycles. The maximum atomic E-state index is 11.9. The highest BCUT2D eigenvalue weighted by molar-refractivity contribution is 6.24. The van der Waals surface area contributed by atoms with E-state index < -0.39 is 5.60 Å². The van der Waals surface area contributed by atoms with Crippen molar-refractivity contribution in [3.63, 3.8) is 0 Å². The summed E-state index contributed by atoms with van der Waals surface area (Å²) in [5, 5.41) is 0. The average Bonchev–Trinajstić information content (AvgIpc) is 2.79. The van der Waals surface area contributed by atoms with Crippen LogP contribution in [-0.4, -0.2) is 54.0 Å². The largest absolute Gasteiger partial charge is 0.444 e. The van der Waals surface area contributed by atoms with Crippen LogP contribution in [-0.2, 0) is 4.74 Å². The molecule has 6 heteroatoms. The van der Waals surface area contributed by atoms with Crippen LogP contribution < -0.4 is 0 Å². The van der Waals surface area contributed by atoms with Gasteiger partial charge >= 0.3 is 6.09 Å². The zero-order valence-corrected chi connectivity index (χ0v) is 12.2. The molecular weight excluding hydrogens is 256 g/mol.